The van der Waals surface area contributed by atoms with Gasteiger partial charge in [0.2, 0.25) is 0 Å². The van der Waals surface area contributed by atoms with E-state index in [1.54, 1.807) is 0 Å². The van der Waals surface area contributed by atoms with Gasteiger partial charge in [-0.2, -0.15) is 0 Å². The molecule has 100 valence electrons. The van der Waals surface area contributed by atoms with E-state index in [1.807, 2.05) is 0 Å². The number of fused-ring (bicyclic) bond motifs is 1. The summed E-state index contributed by atoms with van der Waals surface area (Å²) in [5, 5.41) is 12.6. The minimum absolute atomic E-state index is 0.200. The Bertz CT molecular complexity index is 429. The Morgan fingerprint density at radius 2 is 2.22 bits per heavy atom. The van der Waals surface area contributed by atoms with E-state index in [1.165, 1.54) is 24.5 Å². The lowest BCUT2D eigenvalue weighted by atomic mass is 9.75. The van der Waals surface area contributed by atoms with Gasteiger partial charge in [0, 0.05) is 24.9 Å². The molecule has 2 unspecified atom stereocenters. The SMILES string of the molecule is CC1CCn2c(nnc2C2(C(C)C)CCNC2)C1. The molecule has 2 aliphatic rings. The third-order valence-corrected chi connectivity index (χ3v) is 4.94. The molecule has 0 spiro atoms. The Kier molecular flexibility index (Phi) is 2.93. The fourth-order valence-electron chi connectivity index (χ4n) is 3.51. The molecule has 2 atom stereocenters. The second-order valence-electron chi connectivity index (χ2n) is 6.43. The molecule has 1 aromatic heterocycles. The van der Waals surface area contributed by atoms with Crippen molar-refractivity contribution in [3.05, 3.63) is 11.6 Å². The Labute approximate surface area is 109 Å². The summed E-state index contributed by atoms with van der Waals surface area (Å²) in [6.07, 6.45) is 3.55. The van der Waals surface area contributed by atoms with Crippen LogP contribution < -0.4 is 5.32 Å². The molecule has 3 heterocycles. The van der Waals surface area contributed by atoms with Crippen LogP contribution in [0.2, 0.25) is 0 Å². The molecule has 1 fully saturated rings. The lowest BCUT2D eigenvalue weighted by Gasteiger charge is -2.33. The molecule has 0 aliphatic carbocycles. The van der Waals surface area contributed by atoms with Gasteiger partial charge in [-0.1, -0.05) is 20.8 Å². The molecule has 0 amide bonds. The van der Waals surface area contributed by atoms with Gasteiger partial charge in [-0.05, 0) is 31.2 Å². The second kappa shape index (κ2) is 4.34. The molecule has 1 saturated heterocycles. The Balaban J connectivity index is 2.01. The average molecular weight is 248 g/mol. The van der Waals surface area contributed by atoms with Crippen molar-refractivity contribution in [3.63, 3.8) is 0 Å². The highest BCUT2D eigenvalue weighted by Gasteiger charge is 2.43. The maximum absolute atomic E-state index is 4.58. The maximum Gasteiger partial charge on any atom is 0.140 e. The maximum atomic E-state index is 4.58. The number of nitrogens with zero attached hydrogens (tertiary/aromatic N) is 3. The van der Waals surface area contributed by atoms with Crippen LogP contribution in [0.25, 0.3) is 0 Å². The first-order chi connectivity index (χ1) is 8.63. The van der Waals surface area contributed by atoms with E-state index in [0.717, 1.165) is 32.0 Å². The fourth-order valence-corrected chi connectivity index (χ4v) is 3.51. The zero-order valence-electron chi connectivity index (χ0n) is 11.7. The summed E-state index contributed by atoms with van der Waals surface area (Å²) in [4.78, 5) is 0. The smallest absolute Gasteiger partial charge is 0.140 e. The summed E-state index contributed by atoms with van der Waals surface area (Å²) in [5.41, 5.74) is 0.200. The number of hydrogen-bond donors (Lipinski definition) is 1. The van der Waals surface area contributed by atoms with Gasteiger partial charge >= 0.3 is 0 Å². The molecule has 2 aliphatic heterocycles. The average Bonchev–Trinajstić information content (AvgIpc) is 2.93. The highest BCUT2D eigenvalue weighted by atomic mass is 15.3. The van der Waals surface area contributed by atoms with Crippen molar-refractivity contribution in [2.24, 2.45) is 11.8 Å². The quantitative estimate of drug-likeness (QED) is 0.867. The van der Waals surface area contributed by atoms with Gasteiger partial charge in [-0.25, -0.2) is 0 Å². The predicted molar refractivity (Wildman–Crippen MR) is 71.5 cm³/mol. The third kappa shape index (κ3) is 1.69. The third-order valence-electron chi connectivity index (χ3n) is 4.94. The van der Waals surface area contributed by atoms with Gasteiger partial charge in [0.25, 0.3) is 0 Å². The monoisotopic (exact) mass is 248 g/mol. The first-order valence-corrected chi connectivity index (χ1v) is 7.27. The summed E-state index contributed by atoms with van der Waals surface area (Å²) in [7, 11) is 0. The van der Waals surface area contributed by atoms with Crippen LogP contribution in [-0.4, -0.2) is 27.9 Å². The summed E-state index contributed by atoms with van der Waals surface area (Å²) >= 11 is 0. The van der Waals surface area contributed by atoms with Gasteiger partial charge < -0.3 is 9.88 Å². The van der Waals surface area contributed by atoms with Crippen LogP contribution in [-0.2, 0) is 18.4 Å². The highest BCUT2D eigenvalue weighted by Crippen LogP contribution is 2.38. The van der Waals surface area contributed by atoms with Crippen molar-refractivity contribution in [1.82, 2.24) is 20.1 Å². The first-order valence-electron chi connectivity index (χ1n) is 7.27. The number of aromatic nitrogens is 3. The Morgan fingerprint density at radius 1 is 1.39 bits per heavy atom. The molecule has 4 nitrogen and oxygen atoms in total. The van der Waals surface area contributed by atoms with Crippen molar-refractivity contribution in [1.29, 1.82) is 0 Å². The molecule has 1 N–H and O–H groups in total. The molecule has 0 saturated carbocycles. The Hall–Kier alpha value is -0.900. The fraction of sp³-hybridized carbons (Fsp3) is 0.857. The van der Waals surface area contributed by atoms with Crippen LogP contribution in [0, 0.1) is 11.8 Å². The molecule has 0 bridgehead atoms. The number of hydrogen-bond acceptors (Lipinski definition) is 3. The molecule has 3 rings (SSSR count). The van der Waals surface area contributed by atoms with Gasteiger partial charge in [0.1, 0.15) is 11.6 Å². The van der Waals surface area contributed by atoms with E-state index in [2.05, 4.69) is 40.9 Å². The van der Waals surface area contributed by atoms with E-state index in [9.17, 15) is 0 Å². The van der Waals surface area contributed by atoms with E-state index in [-0.39, 0.29) is 5.41 Å². The van der Waals surface area contributed by atoms with Crippen LogP contribution in [0.3, 0.4) is 0 Å². The lowest BCUT2D eigenvalue weighted by Crippen LogP contribution is -2.38. The predicted octanol–water partition coefficient (Wildman–Crippen LogP) is 1.75. The standard InChI is InChI=1S/C14H24N4/c1-10(2)14(5-6-15-9-14)13-17-16-12-8-11(3)4-7-18(12)13/h10-11,15H,4-9H2,1-3H3. The van der Waals surface area contributed by atoms with Crippen LogP contribution in [0.5, 0.6) is 0 Å². The summed E-state index contributed by atoms with van der Waals surface area (Å²) in [6, 6.07) is 0. The van der Waals surface area contributed by atoms with Crippen molar-refractivity contribution in [3.8, 4) is 0 Å². The van der Waals surface area contributed by atoms with E-state index >= 15 is 0 Å². The molecular weight excluding hydrogens is 224 g/mol. The van der Waals surface area contributed by atoms with Gasteiger partial charge in [-0.15, -0.1) is 10.2 Å². The molecule has 18 heavy (non-hydrogen) atoms. The minimum Gasteiger partial charge on any atom is -0.316 e. The largest absolute Gasteiger partial charge is 0.316 e. The zero-order valence-corrected chi connectivity index (χ0v) is 11.7. The zero-order chi connectivity index (χ0) is 12.8. The summed E-state index contributed by atoms with van der Waals surface area (Å²) < 4.78 is 2.41. The van der Waals surface area contributed by atoms with E-state index in [4.69, 9.17) is 0 Å². The van der Waals surface area contributed by atoms with Crippen LogP contribution in [0.15, 0.2) is 0 Å². The van der Waals surface area contributed by atoms with Gasteiger partial charge in [-0.3, -0.25) is 0 Å². The normalized spacial score (nSPS) is 31.9. The van der Waals surface area contributed by atoms with Crippen molar-refractivity contribution >= 4 is 0 Å². The van der Waals surface area contributed by atoms with Crippen LogP contribution >= 0.6 is 0 Å². The van der Waals surface area contributed by atoms with Crippen molar-refractivity contribution in [2.75, 3.05) is 13.1 Å². The molecule has 0 aromatic carbocycles. The molecule has 1 aromatic rings. The second-order valence-corrected chi connectivity index (χ2v) is 6.43. The van der Waals surface area contributed by atoms with Crippen molar-refractivity contribution < 1.29 is 0 Å². The topological polar surface area (TPSA) is 42.7 Å². The molecule has 0 radical (unpaired) electrons. The lowest BCUT2D eigenvalue weighted by molar-refractivity contribution is 0.292. The summed E-state index contributed by atoms with van der Waals surface area (Å²) in [6.45, 7) is 10.2. The minimum atomic E-state index is 0.200. The summed E-state index contributed by atoms with van der Waals surface area (Å²) in [5.74, 6) is 3.81. The van der Waals surface area contributed by atoms with E-state index < -0.39 is 0 Å². The highest BCUT2D eigenvalue weighted by molar-refractivity contribution is 5.17. The Morgan fingerprint density at radius 3 is 2.89 bits per heavy atom. The molecular formula is C14H24N4. The first kappa shape index (κ1) is 12.2. The van der Waals surface area contributed by atoms with Crippen molar-refractivity contribution in [2.45, 2.75) is 52.0 Å². The van der Waals surface area contributed by atoms with Gasteiger partial charge in [0.15, 0.2) is 0 Å². The van der Waals surface area contributed by atoms with E-state index in [0.29, 0.717) is 5.92 Å². The van der Waals surface area contributed by atoms with Gasteiger partial charge in [0.05, 0.1) is 0 Å². The number of nitrogens with one attached hydrogen (secondary N) is 1. The van der Waals surface area contributed by atoms with Crippen LogP contribution in [0.1, 0.15) is 45.3 Å². The van der Waals surface area contributed by atoms with Crippen LogP contribution in [0.4, 0.5) is 0 Å². The molecule has 4 heteroatoms. The number of rotatable bonds is 2.